The van der Waals surface area contributed by atoms with Crippen LogP contribution in [0.5, 0.6) is 0 Å². The van der Waals surface area contributed by atoms with E-state index in [0.29, 0.717) is 5.56 Å². The van der Waals surface area contributed by atoms with Crippen molar-refractivity contribution in [1.82, 2.24) is 4.98 Å². The topological polar surface area (TPSA) is 76.3 Å². The third-order valence-corrected chi connectivity index (χ3v) is 2.28. The minimum absolute atomic E-state index is 0.0304. The SMILES string of the molecule is CC(C)C(O)Cc1ccncc1[N+](=O)[O-]. The predicted octanol–water partition coefficient (Wildman–Crippen LogP) is 1.55. The van der Waals surface area contributed by atoms with Crippen molar-refractivity contribution >= 4 is 5.69 Å². The molecule has 15 heavy (non-hydrogen) atoms. The number of pyridine rings is 1. The Kier molecular flexibility index (Phi) is 3.74. The van der Waals surface area contributed by atoms with E-state index in [-0.39, 0.29) is 18.0 Å². The minimum Gasteiger partial charge on any atom is -0.393 e. The van der Waals surface area contributed by atoms with Crippen molar-refractivity contribution in [3.05, 3.63) is 34.1 Å². The van der Waals surface area contributed by atoms with E-state index in [9.17, 15) is 15.2 Å². The summed E-state index contributed by atoms with van der Waals surface area (Å²) in [6.07, 6.45) is 2.43. The highest BCUT2D eigenvalue weighted by Crippen LogP contribution is 2.19. The molecule has 0 saturated heterocycles. The van der Waals surface area contributed by atoms with Crippen molar-refractivity contribution < 1.29 is 10.0 Å². The monoisotopic (exact) mass is 210 g/mol. The zero-order chi connectivity index (χ0) is 11.4. The van der Waals surface area contributed by atoms with Gasteiger partial charge in [-0.3, -0.25) is 15.1 Å². The van der Waals surface area contributed by atoms with E-state index in [2.05, 4.69) is 4.98 Å². The summed E-state index contributed by atoms with van der Waals surface area (Å²) in [5, 5.41) is 20.3. The maximum atomic E-state index is 10.7. The molecule has 0 bridgehead atoms. The second-order valence-corrected chi connectivity index (χ2v) is 3.78. The third-order valence-electron chi connectivity index (χ3n) is 2.28. The molecule has 1 N–H and O–H groups in total. The minimum atomic E-state index is -0.564. The van der Waals surface area contributed by atoms with Crippen LogP contribution in [0.25, 0.3) is 0 Å². The van der Waals surface area contributed by atoms with Gasteiger partial charge < -0.3 is 5.11 Å². The Balaban J connectivity index is 2.89. The number of aliphatic hydroxyl groups excluding tert-OH is 1. The van der Waals surface area contributed by atoms with Crippen molar-refractivity contribution in [1.29, 1.82) is 0 Å². The summed E-state index contributed by atoms with van der Waals surface area (Å²) >= 11 is 0. The van der Waals surface area contributed by atoms with Gasteiger partial charge in [-0.05, 0) is 12.0 Å². The van der Waals surface area contributed by atoms with Crippen LogP contribution in [0.1, 0.15) is 19.4 Å². The molecule has 1 aromatic heterocycles. The summed E-state index contributed by atoms with van der Waals surface area (Å²) in [5.74, 6) is 0.0813. The van der Waals surface area contributed by atoms with Gasteiger partial charge in [-0.25, -0.2) is 0 Å². The Morgan fingerprint density at radius 1 is 1.60 bits per heavy atom. The van der Waals surface area contributed by atoms with E-state index in [1.807, 2.05) is 13.8 Å². The number of rotatable bonds is 4. The Labute approximate surface area is 87.9 Å². The van der Waals surface area contributed by atoms with Crippen LogP contribution in [0.3, 0.4) is 0 Å². The summed E-state index contributed by atoms with van der Waals surface area (Å²) in [6, 6.07) is 1.57. The summed E-state index contributed by atoms with van der Waals surface area (Å²) in [7, 11) is 0. The Bertz CT molecular complexity index is 352. The average molecular weight is 210 g/mol. The normalized spacial score (nSPS) is 12.8. The van der Waals surface area contributed by atoms with Crippen molar-refractivity contribution in [2.24, 2.45) is 5.92 Å². The fraction of sp³-hybridized carbons (Fsp3) is 0.500. The summed E-state index contributed by atoms with van der Waals surface area (Å²) < 4.78 is 0. The van der Waals surface area contributed by atoms with Crippen LogP contribution in [-0.4, -0.2) is 21.1 Å². The molecule has 5 heteroatoms. The molecule has 0 aliphatic rings. The Morgan fingerprint density at radius 3 is 2.80 bits per heavy atom. The van der Waals surface area contributed by atoms with E-state index in [1.54, 1.807) is 6.07 Å². The lowest BCUT2D eigenvalue weighted by atomic mass is 9.99. The summed E-state index contributed by atoms with van der Waals surface area (Å²) in [6.45, 7) is 3.75. The Morgan fingerprint density at radius 2 is 2.27 bits per heavy atom. The van der Waals surface area contributed by atoms with Crippen molar-refractivity contribution in [2.45, 2.75) is 26.4 Å². The lowest BCUT2D eigenvalue weighted by Crippen LogP contribution is -2.18. The van der Waals surface area contributed by atoms with E-state index >= 15 is 0 Å². The van der Waals surface area contributed by atoms with Gasteiger partial charge in [0.1, 0.15) is 6.20 Å². The van der Waals surface area contributed by atoms with Gasteiger partial charge in [0.25, 0.3) is 5.69 Å². The van der Waals surface area contributed by atoms with Gasteiger partial charge >= 0.3 is 0 Å². The molecule has 5 nitrogen and oxygen atoms in total. The first-order valence-corrected chi connectivity index (χ1v) is 4.77. The van der Waals surface area contributed by atoms with Gasteiger partial charge in [-0.1, -0.05) is 13.8 Å². The average Bonchev–Trinajstić information content (AvgIpc) is 2.18. The largest absolute Gasteiger partial charge is 0.393 e. The molecule has 1 atom stereocenters. The molecule has 1 unspecified atom stereocenters. The third kappa shape index (κ3) is 2.99. The van der Waals surface area contributed by atoms with Crippen molar-refractivity contribution in [2.75, 3.05) is 0 Å². The first-order chi connectivity index (χ1) is 7.02. The van der Waals surface area contributed by atoms with Crippen LogP contribution in [0.2, 0.25) is 0 Å². The number of aliphatic hydroxyl groups is 1. The van der Waals surface area contributed by atoms with Gasteiger partial charge in [0, 0.05) is 18.2 Å². The number of hydrogen-bond donors (Lipinski definition) is 1. The molecule has 0 saturated carbocycles. The lowest BCUT2D eigenvalue weighted by molar-refractivity contribution is -0.386. The van der Waals surface area contributed by atoms with Crippen LogP contribution in [0, 0.1) is 16.0 Å². The molecule has 0 spiro atoms. The number of nitrogens with zero attached hydrogens (tertiary/aromatic N) is 2. The quantitative estimate of drug-likeness (QED) is 0.604. The first-order valence-electron chi connectivity index (χ1n) is 4.77. The predicted molar refractivity (Wildman–Crippen MR) is 55.4 cm³/mol. The molecule has 82 valence electrons. The van der Waals surface area contributed by atoms with Crippen LogP contribution >= 0.6 is 0 Å². The van der Waals surface area contributed by atoms with Gasteiger partial charge in [-0.2, -0.15) is 0 Å². The summed E-state index contributed by atoms with van der Waals surface area (Å²) in [4.78, 5) is 13.9. The fourth-order valence-corrected chi connectivity index (χ4v) is 1.21. The highest BCUT2D eigenvalue weighted by Gasteiger charge is 2.18. The van der Waals surface area contributed by atoms with E-state index in [1.165, 1.54) is 12.4 Å². The van der Waals surface area contributed by atoms with Gasteiger partial charge in [0.05, 0.1) is 11.0 Å². The number of hydrogen-bond acceptors (Lipinski definition) is 4. The first kappa shape index (κ1) is 11.6. The van der Waals surface area contributed by atoms with Crippen LogP contribution in [0.15, 0.2) is 18.5 Å². The molecule has 0 fully saturated rings. The smallest absolute Gasteiger partial charge is 0.290 e. The second kappa shape index (κ2) is 4.84. The van der Waals surface area contributed by atoms with Crippen LogP contribution in [-0.2, 0) is 6.42 Å². The highest BCUT2D eigenvalue weighted by atomic mass is 16.6. The van der Waals surface area contributed by atoms with Crippen molar-refractivity contribution in [3.8, 4) is 0 Å². The lowest BCUT2D eigenvalue weighted by Gasteiger charge is -2.13. The molecule has 1 aromatic rings. The van der Waals surface area contributed by atoms with Gasteiger partial charge in [0.15, 0.2) is 0 Å². The Hall–Kier alpha value is -1.49. The maximum Gasteiger partial charge on any atom is 0.290 e. The second-order valence-electron chi connectivity index (χ2n) is 3.78. The molecule has 1 heterocycles. The molecule has 0 aromatic carbocycles. The molecule has 1 rings (SSSR count). The van der Waals surface area contributed by atoms with E-state index in [0.717, 1.165) is 0 Å². The van der Waals surface area contributed by atoms with E-state index in [4.69, 9.17) is 0 Å². The zero-order valence-electron chi connectivity index (χ0n) is 8.75. The zero-order valence-corrected chi connectivity index (χ0v) is 8.75. The number of nitro groups is 1. The van der Waals surface area contributed by atoms with E-state index < -0.39 is 11.0 Å². The fourth-order valence-electron chi connectivity index (χ4n) is 1.21. The number of aromatic nitrogens is 1. The summed E-state index contributed by atoms with van der Waals surface area (Å²) in [5.41, 5.74) is 0.494. The molecule has 0 aliphatic heterocycles. The van der Waals surface area contributed by atoms with Gasteiger partial charge in [-0.15, -0.1) is 0 Å². The molecular formula is C10H14N2O3. The standard InChI is InChI=1S/C10H14N2O3/c1-7(2)10(13)5-8-3-4-11-6-9(8)12(14)15/h3-4,6-7,10,13H,5H2,1-2H3. The molecular weight excluding hydrogens is 196 g/mol. The molecule has 0 amide bonds. The van der Waals surface area contributed by atoms with Crippen LogP contribution in [0.4, 0.5) is 5.69 Å². The highest BCUT2D eigenvalue weighted by molar-refractivity contribution is 5.37. The maximum absolute atomic E-state index is 10.7. The van der Waals surface area contributed by atoms with Crippen molar-refractivity contribution in [3.63, 3.8) is 0 Å². The van der Waals surface area contributed by atoms with Crippen LogP contribution < -0.4 is 0 Å². The van der Waals surface area contributed by atoms with Gasteiger partial charge in [0.2, 0.25) is 0 Å². The molecule has 0 radical (unpaired) electrons. The molecule has 0 aliphatic carbocycles.